The maximum atomic E-state index is 11.5. The predicted octanol–water partition coefficient (Wildman–Crippen LogP) is 4.62. The standard InChI is InChI=1S/C20H16ClN5O2S2/c1-12-9-14(30(22,27)28)7-8-16(12)25-20-23-10-15(21)18(26-20)17-11-29-19(24-17)13-5-3-2-4-6-13/h2-11H,1H3,(H2,22,27,28)(H,23,25,26). The van der Waals surface area contributed by atoms with Crippen LogP contribution < -0.4 is 10.5 Å². The number of sulfonamides is 1. The van der Waals surface area contributed by atoms with E-state index in [1.54, 1.807) is 13.0 Å². The fourth-order valence-electron chi connectivity index (χ4n) is 2.78. The van der Waals surface area contributed by atoms with Gasteiger partial charge in [0.2, 0.25) is 16.0 Å². The van der Waals surface area contributed by atoms with Crippen molar-refractivity contribution in [3.63, 3.8) is 0 Å². The number of nitrogens with zero attached hydrogens (tertiary/aromatic N) is 3. The van der Waals surface area contributed by atoms with Gasteiger partial charge in [0.05, 0.1) is 16.1 Å². The molecule has 4 rings (SSSR count). The first kappa shape index (κ1) is 20.4. The lowest BCUT2D eigenvalue weighted by molar-refractivity contribution is 0.597. The van der Waals surface area contributed by atoms with Crippen LogP contribution >= 0.6 is 22.9 Å². The van der Waals surface area contributed by atoms with Gasteiger partial charge in [0.1, 0.15) is 16.4 Å². The first-order valence-corrected chi connectivity index (χ1v) is 11.6. The van der Waals surface area contributed by atoms with Crippen molar-refractivity contribution in [2.45, 2.75) is 11.8 Å². The Morgan fingerprint density at radius 2 is 1.87 bits per heavy atom. The summed E-state index contributed by atoms with van der Waals surface area (Å²) in [6.07, 6.45) is 1.50. The predicted molar refractivity (Wildman–Crippen MR) is 119 cm³/mol. The zero-order chi connectivity index (χ0) is 21.3. The Morgan fingerprint density at radius 3 is 2.57 bits per heavy atom. The molecule has 0 aliphatic carbocycles. The summed E-state index contributed by atoms with van der Waals surface area (Å²) in [7, 11) is -3.77. The second-order valence-corrected chi connectivity index (χ2v) is 9.27. The van der Waals surface area contributed by atoms with E-state index in [9.17, 15) is 8.42 Å². The van der Waals surface area contributed by atoms with Gasteiger partial charge >= 0.3 is 0 Å². The highest BCUT2D eigenvalue weighted by Crippen LogP contribution is 2.32. The van der Waals surface area contributed by atoms with Crippen LogP contribution in [-0.4, -0.2) is 23.4 Å². The van der Waals surface area contributed by atoms with E-state index in [1.807, 2.05) is 35.7 Å². The van der Waals surface area contributed by atoms with Gasteiger partial charge in [0.25, 0.3) is 0 Å². The molecule has 0 aliphatic rings. The van der Waals surface area contributed by atoms with Gasteiger partial charge in [-0.1, -0.05) is 41.9 Å². The van der Waals surface area contributed by atoms with E-state index >= 15 is 0 Å². The summed E-state index contributed by atoms with van der Waals surface area (Å²) < 4.78 is 23.0. The van der Waals surface area contributed by atoms with Crippen LogP contribution in [-0.2, 0) is 10.0 Å². The molecule has 7 nitrogen and oxygen atoms in total. The smallest absolute Gasteiger partial charge is 0.238 e. The quantitative estimate of drug-likeness (QED) is 0.452. The molecule has 10 heteroatoms. The summed E-state index contributed by atoms with van der Waals surface area (Å²) in [6.45, 7) is 1.76. The number of aromatic nitrogens is 3. The Bertz CT molecular complexity index is 1320. The molecule has 2 aromatic heterocycles. The van der Waals surface area contributed by atoms with Crippen molar-refractivity contribution in [1.82, 2.24) is 15.0 Å². The lowest BCUT2D eigenvalue weighted by atomic mass is 10.2. The van der Waals surface area contributed by atoms with Crippen LogP contribution in [0, 0.1) is 6.92 Å². The zero-order valence-electron chi connectivity index (χ0n) is 15.7. The van der Waals surface area contributed by atoms with Crippen LogP contribution in [0.2, 0.25) is 5.02 Å². The van der Waals surface area contributed by atoms with Gasteiger partial charge < -0.3 is 5.32 Å². The zero-order valence-corrected chi connectivity index (χ0v) is 18.1. The van der Waals surface area contributed by atoms with Crippen LogP contribution in [0.1, 0.15) is 5.56 Å². The highest BCUT2D eigenvalue weighted by Gasteiger charge is 2.14. The van der Waals surface area contributed by atoms with Gasteiger partial charge in [-0.25, -0.2) is 28.5 Å². The first-order chi connectivity index (χ1) is 14.3. The Labute approximate surface area is 182 Å². The van der Waals surface area contributed by atoms with Gasteiger partial charge in [-0.2, -0.15) is 0 Å². The average molecular weight is 458 g/mol. The van der Waals surface area contributed by atoms with Crippen molar-refractivity contribution in [1.29, 1.82) is 0 Å². The van der Waals surface area contributed by atoms with Crippen molar-refractivity contribution in [2.24, 2.45) is 5.14 Å². The maximum absolute atomic E-state index is 11.5. The third kappa shape index (κ3) is 4.34. The lowest BCUT2D eigenvalue weighted by Crippen LogP contribution is -2.12. The van der Waals surface area contributed by atoms with Crippen molar-refractivity contribution < 1.29 is 8.42 Å². The molecule has 0 fully saturated rings. The second kappa shape index (κ2) is 8.11. The highest BCUT2D eigenvalue weighted by molar-refractivity contribution is 7.89. The van der Waals surface area contributed by atoms with E-state index in [0.717, 1.165) is 10.6 Å². The van der Waals surface area contributed by atoms with E-state index in [1.165, 1.54) is 29.7 Å². The maximum Gasteiger partial charge on any atom is 0.238 e. The molecule has 0 unspecified atom stereocenters. The summed E-state index contributed by atoms with van der Waals surface area (Å²) in [5.74, 6) is 0.315. The molecule has 0 radical (unpaired) electrons. The van der Waals surface area contributed by atoms with Crippen molar-refractivity contribution in [2.75, 3.05) is 5.32 Å². The highest BCUT2D eigenvalue weighted by atomic mass is 35.5. The van der Waals surface area contributed by atoms with E-state index in [4.69, 9.17) is 16.7 Å². The van der Waals surface area contributed by atoms with E-state index < -0.39 is 10.0 Å². The Balaban J connectivity index is 1.64. The van der Waals surface area contributed by atoms with Crippen LogP contribution in [0.15, 0.2) is 65.0 Å². The molecule has 0 saturated heterocycles. The molecule has 2 aromatic carbocycles. The van der Waals surface area contributed by atoms with Gasteiger partial charge in [-0.3, -0.25) is 0 Å². The molecule has 2 heterocycles. The monoisotopic (exact) mass is 457 g/mol. The largest absolute Gasteiger partial charge is 0.324 e. The fraction of sp³-hybridized carbons (Fsp3) is 0.0500. The Hall–Kier alpha value is -2.85. The van der Waals surface area contributed by atoms with Gasteiger partial charge in [-0.15, -0.1) is 11.3 Å². The molecule has 4 aromatic rings. The number of benzene rings is 2. The summed E-state index contributed by atoms with van der Waals surface area (Å²) >= 11 is 7.83. The van der Waals surface area contributed by atoms with Crippen molar-refractivity contribution >= 4 is 44.6 Å². The van der Waals surface area contributed by atoms with E-state index in [0.29, 0.717) is 33.6 Å². The summed E-state index contributed by atoms with van der Waals surface area (Å²) in [5, 5.41) is 11.4. The number of hydrogen-bond acceptors (Lipinski definition) is 7. The molecule has 3 N–H and O–H groups in total. The van der Waals surface area contributed by atoms with Crippen LogP contribution in [0.25, 0.3) is 22.0 Å². The molecular formula is C20H16ClN5O2S2. The van der Waals surface area contributed by atoms with Gasteiger partial charge in [0, 0.05) is 16.6 Å². The number of halogens is 1. The number of rotatable bonds is 5. The molecular weight excluding hydrogens is 442 g/mol. The summed E-state index contributed by atoms with van der Waals surface area (Å²) in [4.78, 5) is 13.4. The minimum atomic E-state index is -3.77. The lowest BCUT2D eigenvalue weighted by Gasteiger charge is -2.10. The number of aryl methyl sites for hydroxylation is 1. The third-order valence-electron chi connectivity index (χ3n) is 4.28. The molecule has 0 amide bonds. The number of anilines is 2. The number of nitrogens with two attached hydrogens (primary N) is 1. The number of nitrogens with one attached hydrogen (secondary N) is 1. The van der Waals surface area contributed by atoms with E-state index in [2.05, 4.69) is 20.3 Å². The van der Waals surface area contributed by atoms with Crippen LogP contribution in [0.3, 0.4) is 0 Å². The SMILES string of the molecule is Cc1cc(S(N)(=O)=O)ccc1Nc1ncc(Cl)c(-c2csc(-c3ccccc3)n2)n1. The number of thiazole rings is 1. The number of hydrogen-bond donors (Lipinski definition) is 2. The van der Waals surface area contributed by atoms with Crippen molar-refractivity contribution in [3.8, 4) is 22.0 Å². The molecule has 0 saturated carbocycles. The van der Waals surface area contributed by atoms with Crippen molar-refractivity contribution in [3.05, 3.63) is 70.7 Å². The minimum absolute atomic E-state index is 0.0409. The Kier molecular flexibility index (Phi) is 5.52. The van der Waals surface area contributed by atoms with Crippen LogP contribution in [0.4, 0.5) is 11.6 Å². The van der Waals surface area contributed by atoms with Crippen LogP contribution in [0.5, 0.6) is 0 Å². The Morgan fingerprint density at radius 1 is 1.10 bits per heavy atom. The molecule has 0 atom stereocenters. The topological polar surface area (TPSA) is 111 Å². The molecule has 152 valence electrons. The number of primary sulfonamides is 1. The third-order valence-corrected chi connectivity index (χ3v) is 6.36. The van der Waals surface area contributed by atoms with Gasteiger partial charge in [-0.05, 0) is 30.7 Å². The summed E-state index contributed by atoms with van der Waals surface area (Å²) in [5.41, 5.74) is 3.51. The summed E-state index contributed by atoms with van der Waals surface area (Å²) in [6, 6.07) is 14.4. The fourth-order valence-corrected chi connectivity index (χ4v) is 4.37. The minimum Gasteiger partial charge on any atom is -0.324 e. The normalized spacial score (nSPS) is 11.4. The van der Waals surface area contributed by atoms with E-state index in [-0.39, 0.29) is 4.90 Å². The second-order valence-electron chi connectivity index (χ2n) is 6.44. The molecule has 0 spiro atoms. The molecule has 0 bridgehead atoms. The average Bonchev–Trinajstić information content (AvgIpc) is 3.21. The molecule has 0 aliphatic heterocycles. The van der Waals surface area contributed by atoms with Gasteiger partial charge in [0.15, 0.2) is 0 Å². The molecule has 30 heavy (non-hydrogen) atoms. The first-order valence-electron chi connectivity index (χ1n) is 8.75.